The van der Waals surface area contributed by atoms with Crippen molar-refractivity contribution >= 4 is 17.3 Å². The fourth-order valence-electron chi connectivity index (χ4n) is 3.32. The van der Waals surface area contributed by atoms with E-state index >= 15 is 0 Å². The van der Waals surface area contributed by atoms with Crippen LogP contribution in [0.3, 0.4) is 0 Å². The second kappa shape index (κ2) is 10.00. The van der Waals surface area contributed by atoms with Crippen molar-refractivity contribution < 1.29 is 19.0 Å². The van der Waals surface area contributed by atoms with Gasteiger partial charge in [-0.05, 0) is 48.7 Å². The smallest absolute Gasteiger partial charge is 0.246 e. The Morgan fingerprint density at radius 3 is 2.61 bits per heavy atom. The first-order valence-electron chi connectivity index (χ1n) is 10.3. The van der Waals surface area contributed by atoms with Gasteiger partial charge in [0.15, 0.2) is 11.5 Å². The van der Waals surface area contributed by atoms with Gasteiger partial charge >= 0.3 is 0 Å². The fraction of sp³-hybridized carbons (Fsp3) is 0.240. The minimum absolute atomic E-state index is 0.136. The third-order valence-electron chi connectivity index (χ3n) is 4.99. The van der Waals surface area contributed by atoms with Crippen LogP contribution in [-0.2, 0) is 22.6 Å². The lowest BCUT2D eigenvalue weighted by molar-refractivity contribution is -0.116. The largest absolute Gasteiger partial charge is 0.454 e. The standard InChI is InChI=1S/C25H26N2O4/c1-18(25(28)27-22-10-11-23-24(15-22)31-17-30-23)26-21-9-5-8-20(14-21)16-29-13-12-19-6-3-2-4-7-19/h2-11,14-15,18,26H,12-13,16-17H2,1H3,(H,27,28). The monoisotopic (exact) mass is 418 g/mol. The summed E-state index contributed by atoms with van der Waals surface area (Å²) in [6.07, 6.45) is 0.885. The van der Waals surface area contributed by atoms with Crippen LogP contribution in [0.2, 0.25) is 0 Å². The molecule has 1 unspecified atom stereocenters. The fourth-order valence-corrected chi connectivity index (χ4v) is 3.32. The summed E-state index contributed by atoms with van der Waals surface area (Å²) in [7, 11) is 0. The highest BCUT2D eigenvalue weighted by atomic mass is 16.7. The molecule has 1 aliphatic heterocycles. The molecule has 0 bridgehead atoms. The number of carbonyl (C=O) groups is 1. The number of carbonyl (C=O) groups excluding carboxylic acids is 1. The van der Waals surface area contributed by atoms with Gasteiger partial charge in [0.2, 0.25) is 12.7 Å². The minimum Gasteiger partial charge on any atom is -0.454 e. The van der Waals surface area contributed by atoms with Crippen molar-refractivity contribution in [3.8, 4) is 11.5 Å². The van der Waals surface area contributed by atoms with E-state index in [1.165, 1.54) is 5.56 Å². The molecule has 6 nitrogen and oxygen atoms in total. The van der Waals surface area contributed by atoms with Gasteiger partial charge in [0.25, 0.3) is 0 Å². The van der Waals surface area contributed by atoms with Crippen molar-refractivity contribution in [1.29, 1.82) is 0 Å². The average molecular weight is 418 g/mol. The molecule has 2 N–H and O–H groups in total. The molecule has 0 saturated heterocycles. The molecule has 31 heavy (non-hydrogen) atoms. The summed E-state index contributed by atoms with van der Waals surface area (Å²) in [5.41, 5.74) is 3.86. The van der Waals surface area contributed by atoms with E-state index in [0.717, 1.165) is 17.7 Å². The summed E-state index contributed by atoms with van der Waals surface area (Å²) in [5, 5.41) is 6.15. The Morgan fingerprint density at radius 2 is 1.74 bits per heavy atom. The summed E-state index contributed by atoms with van der Waals surface area (Å²) in [6, 6.07) is 23.1. The molecule has 3 aromatic carbocycles. The Kier molecular flexibility index (Phi) is 6.69. The molecule has 0 aromatic heterocycles. The van der Waals surface area contributed by atoms with Crippen LogP contribution in [0.25, 0.3) is 0 Å². The van der Waals surface area contributed by atoms with Gasteiger partial charge < -0.3 is 24.8 Å². The Morgan fingerprint density at radius 1 is 0.935 bits per heavy atom. The summed E-state index contributed by atoms with van der Waals surface area (Å²) in [6.45, 7) is 3.22. The molecule has 3 aromatic rings. The molecule has 0 aliphatic carbocycles. The summed E-state index contributed by atoms with van der Waals surface area (Å²) in [4.78, 5) is 12.6. The van der Waals surface area contributed by atoms with Crippen LogP contribution in [0.4, 0.5) is 11.4 Å². The highest BCUT2D eigenvalue weighted by Crippen LogP contribution is 2.34. The lowest BCUT2D eigenvalue weighted by atomic mass is 10.1. The average Bonchev–Trinajstić information content (AvgIpc) is 3.26. The summed E-state index contributed by atoms with van der Waals surface area (Å²) in [5.74, 6) is 1.19. The lowest BCUT2D eigenvalue weighted by Gasteiger charge is -2.16. The van der Waals surface area contributed by atoms with Gasteiger partial charge in [0, 0.05) is 17.4 Å². The van der Waals surface area contributed by atoms with E-state index in [4.69, 9.17) is 14.2 Å². The second-order valence-electron chi connectivity index (χ2n) is 7.41. The molecule has 0 saturated carbocycles. The van der Waals surface area contributed by atoms with Gasteiger partial charge in [-0.3, -0.25) is 4.79 Å². The van der Waals surface area contributed by atoms with Gasteiger partial charge in [-0.2, -0.15) is 0 Å². The Labute approximate surface area is 182 Å². The quantitative estimate of drug-likeness (QED) is 0.497. The van der Waals surface area contributed by atoms with Crippen LogP contribution in [0.15, 0.2) is 72.8 Å². The molecule has 1 aliphatic rings. The maximum absolute atomic E-state index is 12.6. The van der Waals surface area contributed by atoms with Crippen LogP contribution in [-0.4, -0.2) is 25.3 Å². The van der Waals surface area contributed by atoms with Crippen molar-refractivity contribution in [1.82, 2.24) is 0 Å². The van der Waals surface area contributed by atoms with E-state index in [0.29, 0.717) is 30.4 Å². The van der Waals surface area contributed by atoms with Crippen LogP contribution in [0.1, 0.15) is 18.1 Å². The number of anilines is 2. The highest BCUT2D eigenvalue weighted by molar-refractivity contribution is 5.96. The van der Waals surface area contributed by atoms with Gasteiger partial charge in [-0.1, -0.05) is 42.5 Å². The van der Waals surface area contributed by atoms with E-state index in [-0.39, 0.29) is 12.7 Å². The topological polar surface area (TPSA) is 68.8 Å². The highest BCUT2D eigenvalue weighted by Gasteiger charge is 2.17. The molecule has 0 spiro atoms. The zero-order chi connectivity index (χ0) is 21.5. The van der Waals surface area contributed by atoms with Crippen molar-refractivity contribution in [2.24, 2.45) is 0 Å². The molecule has 6 heteroatoms. The number of rotatable bonds is 9. The van der Waals surface area contributed by atoms with E-state index < -0.39 is 6.04 Å². The maximum atomic E-state index is 12.6. The Balaban J connectivity index is 1.26. The molecule has 0 fully saturated rings. The third kappa shape index (κ3) is 5.77. The summed E-state index contributed by atoms with van der Waals surface area (Å²) >= 11 is 0. The Hall–Kier alpha value is -3.51. The van der Waals surface area contributed by atoms with E-state index in [1.54, 1.807) is 18.2 Å². The van der Waals surface area contributed by atoms with Gasteiger partial charge in [0.1, 0.15) is 6.04 Å². The van der Waals surface area contributed by atoms with E-state index in [9.17, 15) is 4.79 Å². The molecule has 0 radical (unpaired) electrons. The predicted octanol–water partition coefficient (Wildman–Crippen LogP) is 4.61. The van der Waals surface area contributed by atoms with E-state index in [2.05, 4.69) is 22.8 Å². The van der Waals surface area contributed by atoms with Crippen molar-refractivity contribution in [3.05, 3.63) is 83.9 Å². The molecular weight excluding hydrogens is 392 g/mol. The predicted molar refractivity (Wildman–Crippen MR) is 121 cm³/mol. The van der Waals surface area contributed by atoms with E-state index in [1.807, 2.05) is 49.4 Å². The normalized spacial score (nSPS) is 12.9. The maximum Gasteiger partial charge on any atom is 0.246 e. The van der Waals surface area contributed by atoms with Crippen molar-refractivity contribution in [3.63, 3.8) is 0 Å². The van der Waals surface area contributed by atoms with Crippen molar-refractivity contribution in [2.75, 3.05) is 24.0 Å². The molecular formula is C25H26N2O4. The van der Waals surface area contributed by atoms with Gasteiger partial charge in [-0.15, -0.1) is 0 Å². The van der Waals surface area contributed by atoms with Crippen LogP contribution in [0, 0.1) is 0 Å². The second-order valence-corrected chi connectivity index (χ2v) is 7.41. The Bertz CT molecular complexity index is 1020. The van der Waals surface area contributed by atoms with Gasteiger partial charge in [0.05, 0.1) is 13.2 Å². The zero-order valence-electron chi connectivity index (χ0n) is 17.5. The number of hydrogen-bond donors (Lipinski definition) is 2. The first-order chi connectivity index (χ1) is 15.2. The number of nitrogens with one attached hydrogen (secondary N) is 2. The SMILES string of the molecule is CC(Nc1cccc(COCCc2ccccc2)c1)C(=O)Nc1ccc2c(c1)OCO2. The first-order valence-corrected chi connectivity index (χ1v) is 10.3. The number of amides is 1. The molecule has 160 valence electrons. The number of ether oxygens (including phenoxy) is 3. The number of hydrogen-bond acceptors (Lipinski definition) is 5. The van der Waals surface area contributed by atoms with Crippen LogP contribution < -0.4 is 20.1 Å². The van der Waals surface area contributed by atoms with Gasteiger partial charge in [-0.25, -0.2) is 0 Å². The summed E-state index contributed by atoms with van der Waals surface area (Å²) < 4.78 is 16.5. The molecule has 1 amide bonds. The number of benzene rings is 3. The van der Waals surface area contributed by atoms with Crippen LogP contribution in [0.5, 0.6) is 11.5 Å². The van der Waals surface area contributed by atoms with Crippen molar-refractivity contribution in [2.45, 2.75) is 26.0 Å². The minimum atomic E-state index is -0.417. The zero-order valence-corrected chi connectivity index (χ0v) is 17.5. The van der Waals surface area contributed by atoms with Crippen LogP contribution >= 0.6 is 0 Å². The molecule has 4 rings (SSSR count). The third-order valence-corrected chi connectivity index (χ3v) is 4.99. The first kappa shape index (κ1) is 20.8. The lowest BCUT2D eigenvalue weighted by Crippen LogP contribution is -2.31. The molecule has 1 heterocycles. The number of fused-ring (bicyclic) bond motifs is 1. The molecule has 1 atom stereocenters.